The molecule has 1 saturated heterocycles. The summed E-state index contributed by atoms with van der Waals surface area (Å²) in [7, 11) is 0. The van der Waals surface area contributed by atoms with Crippen LogP contribution in [0, 0.1) is 0 Å². The molecule has 4 aromatic rings. The first-order valence-corrected chi connectivity index (χ1v) is 23.8. The highest BCUT2D eigenvalue weighted by Crippen LogP contribution is 2.32. The third kappa shape index (κ3) is 18.3. The zero-order chi connectivity index (χ0) is 47.3. The van der Waals surface area contributed by atoms with Crippen molar-refractivity contribution in [3.8, 4) is 0 Å². The van der Waals surface area contributed by atoms with E-state index >= 15 is 0 Å². The second kappa shape index (κ2) is 30.3. The van der Waals surface area contributed by atoms with Crippen LogP contribution in [0.1, 0.15) is 138 Å². The quantitative estimate of drug-likeness (QED) is 0.0121. The van der Waals surface area contributed by atoms with E-state index in [0.717, 1.165) is 19.3 Å². The lowest BCUT2D eigenvalue weighted by Crippen LogP contribution is -2.63. The Hall–Kier alpha value is -6.05. The third-order valence-electron chi connectivity index (χ3n) is 11.4. The zero-order valence-corrected chi connectivity index (χ0v) is 38.6. The van der Waals surface area contributed by atoms with Crippen molar-refractivity contribution in [3.63, 3.8) is 0 Å². The SMILES string of the molecule is CCCCCCCCCCCCCCCCOC[C@H](CO[C@@H]1O[C@H](COC(=O)c2ccccc2)[C@H](OC(=O)c2ccccc2)[C@H](OC(=O)c2ccccc2)[C@H]1OC(=O)c1ccccc1)N=[N+]=[N-]. The number of rotatable bonds is 30. The molecule has 14 heteroatoms. The van der Waals surface area contributed by atoms with E-state index in [0.29, 0.717) is 6.61 Å². The van der Waals surface area contributed by atoms with E-state index in [1.807, 2.05) is 0 Å². The van der Waals surface area contributed by atoms with Gasteiger partial charge in [-0.25, -0.2) is 19.2 Å². The number of esters is 4. The van der Waals surface area contributed by atoms with Crippen molar-refractivity contribution in [2.24, 2.45) is 5.11 Å². The van der Waals surface area contributed by atoms with Gasteiger partial charge in [0.25, 0.3) is 0 Å². The van der Waals surface area contributed by atoms with E-state index < -0.39 is 67.2 Å². The molecule has 358 valence electrons. The van der Waals surface area contributed by atoms with Crippen molar-refractivity contribution in [2.75, 3.05) is 26.4 Å². The van der Waals surface area contributed by atoms with Crippen molar-refractivity contribution in [1.82, 2.24) is 0 Å². The summed E-state index contributed by atoms with van der Waals surface area (Å²) in [6.45, 7) is 1.92. The molecule has 0 bridgehead atoms. The second-order valence-corrected chi connectivity index (χ2v) is 16.6. The van der Waals surface area contributed by atoms with Gasteiger partial charge in [0.15, 0.2) is 24.6 Å². The lowest BCUT2D eigenvalue weighted by atomic mass is 9.97. The fourth-order valence-corrected chi connectivity index (χ4v) is 7.67. The molecule has 0 spiro atoms. The summed E-state index contributed by atoms with van der Waals surface area (Å²) in [4.78, 5) is 57.8. The molecule has 5 rings (SSSR count). The predicted molar refractivity (Wildman–Crippen MR) is 252 cm³/mol. The van der Waals surface area contributed by atoms with Gasteiger partial charge in [0.1, 0.15) is 12.7 Å². The number of carbonyl (C=O) groups is 4. The zero-order valence-electron chi connectivity index (χ0n) is 38.6. The number of unbranched alkanes of at least 4 members (excludes halogenated alkanes) is 13. The Morgan fingerprint density at radius 2 is 0.940 bits per heavy atom. The van der Waals surface area contributed by atoms with Crippen LogP contribution in [0.2, 0.25) is 0 Å². The van der Waals surface area contributed by atoms with Gasteiger partial charge < -0.3 is 33.2 Å². The van der Waals surface area contributed by atoms with Gasteiger partial charge in [0, 0.05) is 11.5 Å². The number of benzene rings is 4. The lowest BCUT2D eigenvalue weighted by Gasteiger charge is -2.44. The summed E-state index contributed by atoms with van der Waals surface area (Å²) in [6.07, 6.45) is 9.69. The molecule has 1 heterocycles. The Balaban J connectivity index is 1.30. The van der Waals surface area contributed by atoms with Crippen LogP contribution in [-0.4, -0.2) is 87.1 Å². The Morgan fingerprint density at radius 3 is 1.39 bits per heavy atom. The topological polar surface area (TPSA) is 182 Å². The molecule has 0 N–H and O–H groups in total. The Kier molecular flexibility index (Phi) is 23.5. The number of azide groups is 1. The first-order valence-electron chi connectivity index (χ1n) is 23.8. The van der Waals surface area contributed by atoms with E-state index in [4.69, 9.17) is 33.2 Å². The summed E-state index contributed by atoms with van der Waals surface area (Å²) in [5.74, 6) is -3.18. The molecule has 0 amide bonds. The van der Waals surface area contributed by atoms with Crippen LogP contribution >= 0.6 is 0 Å². The summed E-state index contributed by atoms with van der Waals surface area (Å²) in [6, 6.07) is 31.7. The van der Waals surface area contributed by atoms with E-state index in [1.165, 1.54) is 94.9 Å². The maximum atomic E-state index is 13.9. The van der Waals surface area contributed by atoms with Gasteiger partial charge in [-0.3, -0.25) is 0 Å². The first-order chi connectivity index (χ1) is 32.9. The smallest absolute Gasteiger partial charge is 0.338 e. The van der Waals surface area contributed by atoms with Crippen LogP contribution < -0.4 is 0 Å². The Bertz CT molecular complexity index is 2090. The fraction of sp³-hybridized carbons (Fsp3) is 0.472. The molecule has 1 aliphatic heterocycles. The molecule has 4 aromatic carbocycles. The predicted octanol–water partition coefficient (Wildman–Crippen LogP) is 11.4. The molecule has 6 atom stereocenters. The van der Waals surface area contributed by atoms with Crippen molar-refractivity contribution >= 4 is 23.9 Å². The first kappa shape index (κ1) is 51.9. The van der Waals surface area contributed by atoms with Gasteiger partial charge in [-0.05, 0) is 60.5 Å². The monoisotopic (exact) mass is 919 g/mol. The van der Waals surface area contributed by atoms with Crippen molar-refractivity contribution in [1.29, 1.82) is 0 Å². The molecule has 0 saturated carbocycles. The van der Waals surface area contributed by atoms with E-state index in [1.54, 1.807) is 97.1 Å². The van der Waals surface area contributed by atoms with E-state index in [2.05, 4.69) is 16.9 Å². The van der Waals surface area contributed by atoms with Crippen molar-refractivity contribution in [3.05, 3.63) is 154 Å². The van der Waals surface area contributed by atoms with Gasteiger partial charge >= 0.3 is 23.9 Å². The number of hydrogen-bond acceptors (Lipinski definition) is 12. The van der Waals surface area contributed by atoms with Crippen LogP contribution in [0.25, 0.3) is 10.4 Å². The van der Waals surface area contributed by atoms with Crippen LogP contribution in [0.5, 0.6) is 0 Å². The minimum absolute atomic E-state index is 0.0194. The van der Waals surface area contributed by atoms with Gasteiger partial charge in [0.2, 0.25) is 0 Å². The van der Waals surface area contributed by atoms with Gasteiger partial charge in [-0.15, -0.1) is 0 Å². The molecule has 0 aliphatic carbocycles. The van der Waals surface area contributed by atoms with Crippen molar-refractivity contribution < 1.29 is 52.3 Å². The summed E-state index contributed by atoms with van der Waals surface area (Å²) in [5.41, 5.74) is 10.2. The van der Waals surface area contributed by atoms with Crippen LogP contribution in [0.4, 0.5) is 0 Å². The average molecular weight is 920 g/mol. The summed E-state index contributed by atoms with van der Waals surface area (Å²) >= 11 is 0. The third-order valence-corrected chi connectivity index (χ3v) is 11.4. The minimum atomic E-state index is -1.60. The normalized spacial score (nSPS) is 18.2. The number of ether oxygens (including phenoxy) is 7. The highest BCUT2D eigenvalue weighted by Gasteiger charge is 2.54. The fourth-order valence-electron chi connectivity index (χ4n) is 7.67. The van der Waals surface area contributed by atoms with Gasteiger partial charge in [-0.1, -0.05) is 168 Å². The standard InChI is InChI=1S/C53H65N3O11/c1-2-3-4-5-6-7-8-9-10-11-12-13-14-27-36-61-37-44(55-56-54)38-63-53-48(67-52(60)43-34-25-18-26-35-43)47(66-51(59)42-32-23-17-24-33-42)46(65-50(58)41-30-21-16-22-31-41)45(64-53)39-62-49(57)40-28-19-15-20-29-40/h15-26,28-35,44-48,53H,2-14,27,36-39H2,1H3/t44-,45-,46+,47+,48-,53-/m1/s1. The number of carbonyl (C=O) groups excluding carboxylic acids is 4. The summed E-state index contributed by atoms with van der Waals surface area (Å²) < 4.78 is 42.7. The molecule has 1 aliphatic rings. The number of nitrogens with zero attached hydrogens (tertiary/aromatic N) is 3. The largest absolute Gasteiger partial charge is 0.459 e. The maximum absolute atomic E-state index is 13.9. The molecule has 1 fully saturated rings. The Morgan fingerprint density at radius 1 is 0.537 bits per heavy atom. The number of hydrogen-bond donors (Lipinski definition) is 0. The molecule has 0 radical (unpaired) electrons. The highest BCUT2D eigenvalue weighted by molar-refractivity contribution is 5.91. The maximum Gasteiger partial charge on any atom is 0.338 e. The molecule has 0 aromatic heterocycles. The van der Waals surface area contributed by atoms with Crippen LogP contribution in [0.3, 0.4) is 0 Å². The molecular weight excluding hydrogens is 855 g/mol. The molecule has 67 heavy (non-hydrogen) atoms. The average Bonchev–Trinajstić information content (AvgIpc) is 3.37. The van der Waals surface area contributed by atoms with Crippen LogP contribution in [-0.2, 0) is 33.2 Å². The lowest BCUT2D eigenvalue weighted by molar-refractivity contribution is -0.299. The Labute approximate surface area is 394 Å². The van der Waals surface area contributed by atoms with Crippen LogP contribution in [0.15, 0.2) is 126 Å². The molecule has 0 unspecified atom stereocenters. The second-order valence-electron chi connectivity index (χ2n) is 16.6. The van der Waals surface area contributed by atoms with E-state index in [9.17, 15) is 24.7 Å². The minimum Gasteiger partial charge on any atom is -0.459 e. The van der Waals surface area contributed by atoms with E-state index in [-0.39, 0.29) is 35.5 Å². The van der Waals surface area contributed by atoms with Crippen molar-refractivity contribution in [2.45, 2.75) is 134 Å². The summed E-state index contributed by atoms with van der Waals surface area (Å²) in [5, 5.41) is 3.90. The van der Waals surface area contributed by atoms with Gasteiger partial charge in [-0.2, -0.15) is 0 Å². The molecule has 14 nitrogen and oxygen atoms in total. The van der Waals surface area contributed by atoms with Gasteiger partial charge in [0.05, 0.1) is 41.5 Å². The molecular formula is C53H65N3O11. The highest BCUT2D eigenvalue weighted by atomic mass is 16.7.